The first-order chi connectivity index (χ1) is 10.6. The van der Waals surface area contributed by atoms with Crippen LogP contribution in [0.4, 0.5) is 10.8 Å². The van der Waals surface area contributed by atoms with E-state index in [4.69, 9.17) is 5.73 Å². The second-order valence-electron chi connectivity index (χ2n) is 4.54. The quantitative estimate of drug-likeness (QED) is 0.775. The van der Waals surface area contributed by atoms with Gasteiger partial charge in [0.15, 0.2) is 11.5 Å². The lowest BCUT2D eigenvalue weighted by atomic mass is 10.2. The molecule has 2 heterocycles. The summed E-state index contributed by atoms with van der Waals surface area (Å²) in [6, 6.07) is 9.80. The minimum Gasteiger partial charge on any atom is -0.382 e. The molecule has 110 valence electrons. The van der Waals surface area contributed by atoms with Crippen molar-refractivity contribution in [2.45, 2.75) is 6.92 Å². The monoisotopic (exact) mass is 311 g/mol. The van der Waals surface area contributed by atoms with Gasteiger partial charge in [0.1, 0.15) is 10.0 Å². The van der Waals surface area contributed by atoms with Gasteiger partial charge in [0.05, 0.1) is 5.69 Å². The lowest BCUT2D eigenvalue weighted by Crippen LogP contribution is -2.16. The molecule has 0 aliphatic heterocycles. The number of nitrogens with zero attached hydrogens (tertiary/aromatic N) is 3. The number of nitrogens with one attached hydrogen (secondary N) is 1. The average Bonchev–Trinajstić information content (AvgIpc) is 2.89. The zero-order chi connectivity index (χ0) is 15.5. The molecule has 1 amide bonds. The Kier molecular flexibility index (Phi) is 3.80. The first kappa shape index (κ1) is 14.2. The van der Waals surface area contributed by atoms with E-state index in [0.717, 1.165) is 16.3 Å². The average molecular weight is 311 g/mol. The van der Waals surface area contributed by atoms with E-state index in [2.05, 4.69) is 20.3 Å². The van der Waals surface area contributed by atoms with Crippen molar-refractivity contribution in [2.75, 3.05) is 11.1 Å². The molecule has 0 aliphatic rings. The van der Waals surface area contributed by atoms with E-state index in [1.807, 2.05) is 37.3 Å². The van der Waals surface area contributed by atoms with E-state index < -0.39 is 5.91 Å². The fourth-order valence-electron chi connectivity index (χ4n) is 1.90. The zero-order valence-electron chi connectivity index (χ0n) is 11.8. The largest absolute Gasteiger partial charge is 0.382 e. The van der Waals surface area contributed by atoms with Crippen LogP contribution in [-0.2, 0) is 0 Å². The fourth-order valence-corrected chi connectivity index (χ4v) is 2.87. The van der Waals surface area contributed by atoms with Gasteiger partial charge in [-0.3, -0.25) is 4.79 Å². The van der Waals surface area contributed by atoms with Crippen LogP contribution in [0.2, 0.25) is 0 Å². The molecule has 0 aliphatic carbocycles. The van der Waals surface area contributed by atoms with Crippen molar-refractivity contribution in [3.63, 3.8) is 0 Å². The molecule has 0 saturated heterocycles. The van der Waals surface area contributed by atoms with Gasteiger partial charge in [0.2, 0.25) is 0 Å². The SMILES string of the molecule is Cc1nc(-c2ccccc2)sc1NC(=O)c1nccnc1N. The summed E-state index contributed by atoms with van der Waals surface area (Å²) in [6.07, 6.45) is 2.87. The van der Waals surface area contributed by atoms with Gasteiger partial charge < -0.3 is 11.1 Å². The number of aromatic nitrogens is 3. The summed E-state index contributed by atoms with van der Waals surface area (Å²) in [7, 11) is 0. The number of nitrogens with two attached hydrogens (primary N) is 1. The van der Waals surface area contributed by atoms with Crippen LogP contribution in [0, 0.1) is 6.92 Å². The smallest absolute Gasteiger partial charge is 0.278 e. The number of thiazole rings is 1. The minimum absolute atomic E-state index is 0.102. The molecule has 0 spiro atoms. The summed E-state index contributed by atoms with van der Waals surface area (Å²) in [5.74, 6) is -0.289. The molecule has 0 unspecified atom stereocenters. The lowest BCUT2D eigenvalue weighted by Gasteiger charge is -2.03. The normalized spacial score (nSPS) is 10.4. The highest BCUT2D eigenvalue weighted by atomic mass is 32.1. The topological polar surface area (TPSA) is 93.8 Å². The van der Waals surface area contributed by atoms with E-state index >= 15 is 0 Å². The Hall–Kier alpha value is -2.80. The number of nitrogen functional groups attached to an aromatic ring is 1. The molecule has 6 nitrogen and oxygen atoms in total. The van der Waals surface area contributed by atoms with Crippen LogP contribution in [0.25, 0.3) is 10.6 Å². The zero-order valence-corrected chi connectivity index (χ0v) is 12.6. The first-order valence-corrected chi connectivity index (χ1v) is 7.37. The van der Waals surface area contributed by atoms with Crippen molar-refractivity contribution in [1.29, 1.82) is 0 Å². The molecule has 3 rings (SSSR count). The second-order valence-corrected chi connectivity index (χ2v) is 5.54. The van der Waals surface area contributed by atoms with Gasteiger partial charge in [-0.15, -0.1) is 0 Å². The third-order valence-electron chi connectivity index (χ3n) is 2.99. The van der Waals surface area contributed by atoms with E-state index in [0.29, 0.717) is 5.00 Å². The van der Waals surface area contributed by atoms with Gasteiger partial charge in [-0.1, -0.05) is 41.7 Å². The number of carbonyl (C=O) groups excluding carboxylic acids is 1. The van der Waals surface area contributed by atoms with Crippen LogP contribution >= 0.6 is 11.3 Å². The molecule has 3 aromatic rings. The number of rotatable bonds is 3. The van der Waals surface area contributed by atoms with Crippen molar-refractivity contribution >= 4 is 28.1 Å². The van der Waals surface area contributed by atoms with Gasteiger partial charge in [-0.05, 0) is 6.92 Å². The number of amides is 1. The van der Waals surface area contributed by atoms with Gasteiger partial charge >= 0.3 is 0 Å². The molecule has 0 fully saturated rings. The molecule has 0 atom stereocenters. The first-order valence-electron chi connectivity index (χ1n) is 6.56. The summed E-state index contributed by atoms with van der Waals surface area (Å²) in [5.41, 5.74) is 7.53. The highest BCUT2D eigenvalue weighted by Gasteiger charge is 2.16. The maximum absolute atomic E-state index is 12.2. The van der Waals surface area contributed by atoms with Gasteiger partial charge in [-0.25, -0.2) is 15.0 Å². The van der Waals surface area contributed by atoms with Crippen molar-refractivity contribution in [2.24, 2.45) is 0 Å². The molecule has 3 N–H and O–H groups in total. The maximum atomic E-state index is 12.2. The Labute approximate surface area is 131 Å². The van der Waals surface area contributed by atoms with Crippen LogP contribution in [0.3, 0.4) is 0 Å². The molecular formula is C15H13N5OS. The Balaban J connectivity index is 1.86. The fraction of sp³-hybridized carbons (Fsp3) is 0.0667. The molecule has 0 bridgehead atoms. The van der Waals surface area contributed by atoms with Gasteiger partial charge in [0, 0.05) is 18.0 Å². The second kappa shape index (κ2) is 5.90. The number of aryl methyl sites for hydroxylation is 1. The maximum Gasteiger partial charge on any atom is 0.278 e. The molecular weight excluding hydrogens is 298 g/mol. The van der Waals surface area contributed by atoms with E-state index in [1.165, 1.54) is 23.7 Å². The number of anilines is 2. The molecule has 0 radical (unpaired) electrons. The van der Waals surface area contributed by atoms with Gasteiger partial charge in [-0.2, -0.15) is 0 Å². The number of carbonyl (C=O) groups is 1. The summed E-state index contributed by atoms with van der Waals surface area (Å²) >= 11 is 1.41. The Bertz CT molecular complexity index is 816. The van der Waals surface area contributed by atoms with Crippen LogP contribution in [-0.4, -0.2) is 20.9 Å². The minimum atomic E-state index is -0.392. The van der Waals surface area contributed by atoms with Crippen LogP contribution in [0.5, 0.6) is 0 Å². The molecule has 7 heteroatoms. The Morgan fingerprint density at radius 2 is 1.91 bits per heavy atom. The van der Waals surface area contributed by atoms with Crippen LogP contribution in [0.15, 0.2) is 42.7 Å². The van der Waals surface area contributed by atoms with Crippen molar-refractivity contribution < 1.29 is 4.79 Å². The number of hydrogen-bond acceptors (Lipinski definition) is 6. The van der Waals surface area contributed by atoms with Crippen LogP contribution in [0.1, 0.15) is 16.2 Å². The molecule has 1 aromatic carbocycles. The highest BCUT2D eigenvalue weighted by Crippen LogP contribution is 2.31. The van der Waals surface area contributed by atoms with E-state index in [9.17, 15) is 4.79 Å². The van der Waals surface area contributed by atoms with Crippen molar-refractivity contribution in [3.05, 3.63) is 54.1 Å². The third kappa shape index (κ3) is 2.79. The van der Waals surface area contributed by atoms with E-state index in [1.54, 1.807) is 0 Å². The highest BCUT2D eigenvalue weighted by molar-refractivity contribution is 7.19. The molecule has 22 heavy (non-hydrogen) atoms. The summed E-state index contributed by atoms with van der Waals surface area (Å²) < 4.78 is 0. The number of hydrogen-bond donors (Lipinski definition) is 2. The predicted molar refractivity (Wildman–Crippen MR) is 86.7 cm³/mol. The Morgan fingerprint density at radius 1 is 1.18 bits per heavy atom. The summed E-state index contributed by atoms with van der Waals surface area (Å²) in [4.78, 5) is 24.5. The molecule has 0 saturated carbocycles. The molecule has 2 aromatic heterocycles. The summed E-state index contributed by atoms with van der Waals surface area (Å²) in [6.45, 7) is 1.85. The standard InChI is InChI=1S/C15H13N5OS/c1-9-14(20-13(21)11-12(16)18-8-7-17-11)22-15(19-9)10-5-3-2-4-6-10/h2-8H,1H3,(H2,16,18)(H,20,21). The number of benzene rings is 1. The van der Waals surface area contributed by atoms with E-state index in [-0.39, 0.29) is 11.5 Å². The third-order valence-corrected chi connectivity index (χ3v) is 4.11. The van der Waals surface area contributed by atoms with Crippen molar-refractivity contribution in [1.82, 2.24) is 15.0 Å². The lowest BCUT2D eigenvalue weighted by molar-refractivity contribution is 0.102. The summed E-state index contributed by atoms with van der Waals surface area (Å²) in [5, 5.41) is 4.31. The van der Waals surface area contributed by atoms with Crippen LogP contribution < -0.4 is 11.1 Å². The predicted octanol–water partition coefficient (Wildman–Crippen LogP) is 2.74. The Morgan fingerprint density at radius 3 is 2.64 bits per heavy atom. The van der Waals surface area contributed by atoms with Crippen molar-refractivity contribution in [3.8, 4) is 10.6 Å². The van der Waals surface area contributed by atoms with Gasteiger partial charge in [0.25, 0.3) is 5.91 Å².